The summed E-state index contributed by atoms with van der Waals surface area (Å²) in [5, 5.41) is 13.1. The van der Waals surface area contributed by atoms with E-state index in [1.807, 2.05) is 0 Å². The van der Waals surface area contributed by atoms with Crippen LogP contribution in [0.1, 0.15) is 37.1 Å². The van der Waals surface area contributed by atoms with Crippen molar-refractivity contribution in [1.29, 1.82) is 0 Å². The highest BCUT2D eigenvalue weighted by Gasteiger charge is 2.25. The molecular weight excluding hydrogens is 278 g/mol. The zero-order chi connectivity index (χ0) is 14.8. The molecule has 1 aromatic heterocycles. The van der Waals surface area contributed by atoms with Gasteiger partial charge in [0.05, 0.1) is 24.5 Å². The van der Waals surface area contributed by atoms with E-state index in [2.05, 4.69) is 9.82 Å². The summed E-state index contributed by atoms with van der Waals surface area (Å²) in [6, 6.07) is 0. The number of aromatic nitrogens is 2. The standard InChI is InChI=1S/C13H23N3O3S/c1-10-13(11(2)16(15-10)8-9-17)20(18,19)14-7-3-4-12-5-6-12/h12,14,17H,3-9H2,1-2H3. The van der Waals surface area contributed by atoms with Crippen LogP contribution in [-0.2, 0) is 16.6 Å². The molecule has 2 rings (SSSR count). The Balaban J connectivity index is 2.03. The number of rotatable bonds is 8. The Morgan fingerprint density at radius 3 is 2.70 bits per heavy atom. The molecule has 0 radical (unpaired) electrons. The molecule has 1 saturated carbocycles. The maximum absolute atomic E-state index is 12.3. The van der Waals surface area contributed by atoms with Crippen molar-refractivity contribution in [3.8, 4) is 0 Å². The second-order valence-corrected chi connectivity index (χ2v) is 7.13. The van der Waals surface area contributed by atoms with Crippen molar-refractivity contribution in [2.24, 2.45) is 5.92 Å². The molecule has 1 aliphatic rings. The molecule has 7 heteroatoms. The van der Waals surface area contributed by atoms with Crippen LogP contribution in [0.5, 0.6) is 0 Å². The molecule has 0 amide bonds. The predicted octanol–water partition coefficient (Wildman–Crippen LogP) is 0.961. The van der Waals surface area contributed by atoms with E-state index in [1.165, 1.54) is 17.5 Å². The Morgan fingerprint density at radius 1 is 1.40 bits per heavy atom. The lowest BCUT2D eigenvalue weighted by Crippen LogP contribution is -2.26. The summed E-state index contributed by atoms with van der Waals surface area (Å²) < 4.78 is 28.8. The van der Waals surface area contributed by atoms with Crippen LogP contribution in [0.2, 0.25) is 0 Å². The smallest absolute Gasteiger partial charge is 0.244 e. The molecular formula is C13H23N3O3S. The van der Waals surface area contributed by atoms with Gasteiger partial charge in [0.2, 0.25) is 10.0 Å². The molecule has 0 bridgehead atoms. The summed E-state index contributed by atoms with van der Waals surface area (Å²) in [6.07, 6.45) is 4.56. The molecule has 0 saturated heterocycles. The summed E-state index contributed by atoms with van der Waals surface area (Å²) in [5.41, 5.74) is 1.05. The highest BCUT2D eigenvalue weighted by Crippen LogP contribution is 2.33. The van der Waals surface area contributed by atoms with Gasteiger partial charge in [-0.15, -0.1) is 0 Å². The normalized spacial score (nSPS) is 15.8. The maximum Gasteiger partial charge on any atom is 0.244 e. The first-order valence-electron chi connectivity index (χ1n) is 7.10. The van der Waals surface area contributed by atoms with Crippen LogP contribution in [0, 0.1) is 19.8 Å². The number of aliphatic hydroxyl groups is 1. The van der Waals surface area contributed by atoms with E-state index in [0.29, 0.717) is 24.5 Å². The van der Waals surface area contributed by atoms with Crippen LogP contribution in [-0.4, -0.2) is 36.5 Å². The van der Waals surface area contributed by atoms with Gasteiger partial charge in [-0.2, -0.15) is 5.10 Å². The molecule has 0 unspecified atom stereocenters. The van der Waals surface area contributed by atoms with Gasteiger partial charge in [0.15, 0.2) is 0 Å². The third-order valence-electron chi connectivity index (χ3n) is 3.67. The summed E-state index contributed by atoms with van der Waals surface area (Å²) in [6.45, 7) is 4.12. The second kappa shape index (κ2) is 6.24. The topological polar surface area (TPSA) is 84.2 Å². The van der Waals surface area contributed by atoms with E-state index in [9.17, 15) is 8.42 Å². The Labute approximate surface area is 120 Å². The lowest BCUT2D eigenvalue weighted by atomic mass is 10.2. The molecule has 1 aliphatic carbocycles. The number of aryl methyl sites for hydroxylation is 1. The average Bonchev–Trinajstić information content (AvgIpc) is 3.13. The number of hydrogen-bond donors (Lipinski definition) is 2. The van der Waals surface area contributed by atoms with Crippen molar-refractivity contribution in [3.63, 3.8) is 0 Å². The van der Waals surface area contributed by atoms with Crippen molar-refractivity contribution in [1.82, 2.24) is 14.5 Å². The van der Waals surface area contributed by atoms with Gasteiger partial charge in [-0.05, 0) is 32.6 Å². The number of nitrogens with zero attached hydrogens (tertiary/aromatic N) is 2. The van der Waals surface area contributed by atoms with E-state index in [-0.39, 0.29) is 11.5 Å². The van der Waals surface area contributed by atoms with Crippen molar-refractivity contribution in [2.75, 3.05) is 13.2 Å². The first-order valence-corrected chi connectivity index (χ1v) is 8.58. The van der Waals surface area contributed by atoms with Crippen molar-refractivity contribution in [2.45, 2.75) is 51.0 Å². The summed E-state index contributed by atoms with van der Waals surface area (Å²) in [5.74, 6) is 0.815. The molecule has 1 heterocycles. The SMILES string of the molecule is Cc1nn(CCO)c(C)c1S(=O)(=O)NCCCC1CC1. The molecule has 1 aromatic rings. The summed E-state index contributed by atoms with van der Waals surface area (Å²) in [7, 11) is -3.51. The predicted molar refractivity (Wildman–Crippen MR) is 75.9 cm³/mol. The highest BCUT2D eigenvalue weighted by atomic mass is 32.2. The van der Waals surface area contributed by atoms with Crippen LogP contribution >= 0.6 is 0 Å². The number of hydrogen-bond acceptors (Lipinski definition) is 4. The van der Waals surface area contributed by atoms with Crippen molar-refractivity contribution in [3.05, 3.63) is 11.4 Å². The molecule has 6 nitrogen and oxygen atoms in total. The van der Waals surface area contributed by atoms with Gasteiger partial charge in [0.25, 0.3) is 0 Å². The van der Waals surface area contributed by atoms with Gasteiger partial charge in [0, 0.05) is 6.54 Å². The Kier molecular flexibility index (Phi) is 4.82. The van der Waals surface area contributed by atoms with E-state index >= 15 is 0 Å². The second-order valence-electron chi connectivity index (χ2n) is 5.43. The van der Waals surface area contributed by atoms with Crippen molar-refractivity contribution >= 4 is 10.0 Å². The van der Waals surface area contributed by atoms with E-state index in [4.69, 9.17) is 5.11 Å². The van der Waals surface area contributed by atoms with Gasteiger partial charge in [-0.3, -0.25) is 4.68 Å². The molecule has 2 N–H and O–H groups in total. The lowest BCUT2D eigenvalue weighted by molar-refractivity contribution is 0.267. The van der Waals surface area contributed by atoms with Crippen LogP contribution in [0.15, 0.2) is 4.90 Å². The maximum atomic E-state index is 12.3. The molecule has 0 aliphatic heterocycles. The zero-order valence-corrected chi connectivity index (χ0v) is 12.9. The van der Waals surface area contributed by atoms with Gasteiger partial charge >= 0.3 is 0 Å². The van der Waals surface area contributed by atoms with Gasteiger partial charge < -0.3 is 5.11 Å². The minimum Gasteiger partial charge on any atom is -0.394 e. The zero-order valence-electron chi connectivity index (χ0n) is 12.1. The fourth-order valence-corrected chi connectivity index (χ4v) is 3.94. The summed E-state index contributed by atoms with van der Waals surface area (Å²) in [4.78, 5) is 0.248. The first kappa shape index (κ1) is 15.5. The van der Waals surface area contributed by atoms with Crippen LogP contribution in [0.25, 0.3) is 0 Å². The van der Waals surface area contributed by atoms with E-state index < -0.39 is 10.0 Å². The number of sulfonamides is 1. The fourth-order valence-electron chi connectivity index (χ4n) is 2.46. The quantitative estimate of drug-likeness (QED) is 0.701. The number of nitrogens with one attached hydrogen (secondary N) is 1. The molecule has 0 atom stereocenters. The largest absolute Gasteiger partial charge is 0.394 e. The first-order chi connectivity index (χ1) is 9.45. The molecule has 1 fully saturated rings. The Hall–Kier alpha value is -0.920. The monoisotopic (exact) mass is 301 g/mol. The van der Waals surface area contributed by atoms with Crippen LogP contribution in [0.3, 0.4) is 0 Å². The average molecular weight is 301 g/mol. The summed E-state index contributed by atoms with van der Waals surface area (Å²) >= 11 is 0. The lowest BCUT2D eigenvalue weighted by Gasteiger charge is -2.07. The highest BCUT2D eigenvalue weighted by molar-refractivity contribution is 7.89. The van der Waals surface area contributed by atoms with Crippen molar-refractivity contribution < 1.29 is 13.5 Å². The minimum absolute atomic E-state index is 0.0593. The molecule has 114 valence electrons. The molecule has 0 spiro atoms. The minimum atomic E-state index is -3.51. The Morgan fingerprint density at radius 2 is 2.10 bits per heavy atom. The molecule has 0 aromatic carbocycles. The van der Waals surface area contributed by atoms with Gasteiger partial charge in [-0.1, -0.05) is 12.8 Å². The third-order valence-corrected chi connectivity index (χ3v) is 5.39. The van der Waals surface area contributed by atoms with Gasteiger partial charge in [0.1, 0.15) is 4.90 Å². The fraction of sp³-hybridized carbons (Fsp3) is 0.769. The van der Waals surface area contributed by atoms with Crippen LogP contribution in [0.4, 0.5) is 0 Å². The van der Waals surface area contributed by atoms with E-state index in [1.54, 1.807) is 13.8 Å². The van der Waals surface area contributed by atoms with Gasteiger partial charge in [-0.25, -0.2) is 13.1 Å². The molecule has 20 heavy (non-hydrogen) atoms. The van der Waals surface area contributed by atoms with E-state index in [0.717, 1.165) is 18.8 Å². The third kappa shape index (κ3) is 3.59. The Bertz CT molecular complexity index is 562. The number of aliphatic hydroxyl groups excluding tert-OH is 1. The van der Waals surface area contributed by atoms with Crippen LogP contribution < -0.4 is 4.72 Å².